The van der Waals surface area contributed by atoms with Crippen molar-refractivity contribution in [1.29, 1.82) is 0 Å². The van der Waals surface area contributed by atoms with E-state index in [0.717, 1.165) is 13.1 Å². The molecule has 1 aliphatic carbocycles. The highest BCUT2D eigenvalue weighted by Gasteiger charge is 2.12. The van der Waals surface area contributed by atoms with Gasteiger partial charge in [-0.25, -0.2) is 0 Å². The van der Waals surface area contributed by atoms with Crippen molar-refractivity contribution in [3.8, 4) is 0 Å². The van der Waals surface area contributed by atoms with Gasteiger partial charge in [-0.05, 0) is 18.8 Å². The fourth-order valence-electron chi connectivity index (χ4n) is 2.44. The second-order valence-corrected chi connectivity index (χ2v) is 5.18. The number of halogens is 1. The van der Waals surface area contributed by atoms with E-state index >= 15 is 0 Å². The van der Waals surface area contributed by atoms with Gasteiger partial charge in [0.25, 0.3) is 0 Å². The average molecular weight is 293 g/mol. The molecule has 0 atom stereocenters. The van der Waals surface area contributed by atoms with Crippen LogP contribution in [0.4, 0.5) is 0 Å². The largest absolute Gasteiger partial charge is 0.383 e. The minimum Gasteiger partial charge on any atom is -0.383 e. The van der Waals surface area contributed by atoms with Crippen LogP contribution in [-0.4, -0.2) is 39.3 Å². The topological polar surface area (TPSA) is 50.4 Å². The third-order valence-corrected chi connectivity index (χ3v) is 3.58. The zero-order chi connectivity index (χ0) is 13.1. The zero-order valence-electron chi connectivity index (χ0n) is 12.1. The first-order valence-electron chi connectivity index (χ1n) is 7.29. The summed E-state index contributed by atoms with van der Waals surface area (Å²) in [5, 5.41) is 6.09. The third kappa shape index (κ3) is 10.2. The van der Waals surface area contributed by atoms with Crippen molar-refractivity contribution in [2.24, 2.45) is 5.92 Å². The monoisotopic (exact) mass is 292 g/mol. The van der Waals surface area contributed by atoms with E-state index in [-0.39, 0.29) is 18.3 Å². The number of methoxy groups -OCH3 is 1. The van der Waals surface area contributed by atoms with Gasteiger partial charge in [-0.2, -0.15) is 0 Å². The first-order chi connectivity index (χ1) is 8.83. The molecule has 0 spiro atoms. The molecule has 114 valence electrons. The molecule has 19 heavy (non-hydrogen) atoms. The second kappa shape index (κ2) is 12.7. The number of hydrogen-bond acceptors (Lipinski definition) is 3. The summed E-state index contributed by atoms with van der Waals surface area (Å²) in [5.41, 5.74) is 0. The molecule has 0 aromatic rings. The smallest absolute Gasteiger partial charge is 0.233 e. The van der Waals surface area contributed by atoms with Crippen LogP contribution in [0.2, 0.25) is 0 Å². The van der Waals surface area contributed by atoms with Crippen LogP contribution in [0.5, 0.6) is 0 Å². The maximum absolute atomic E-state index is 11.6. The maximum atomic E-state index is 11.6. The van der Waals surface area contributed by atoms with Gasteiger partial charge < -0.3 is 15.4 Å². The van der Waals surface area contributed by atoms with Gasteiger partial charge in [-0.15, -0.1) is 12.4 Å². The summed E-state index contributed by atoms with van der Waals surface area (Å²) in [6.07, 6.45) is 9.32. The molecular weight excluding hydrogens is 264 g/mol. The van der Waals surface area contributed by atoms with E-state index in [9.17, 15) is 4.79 Å². The van der Waals surface area contributed by atoms with E-state index in [0.29, 0.717) is 19.1 Å². The number of amides is 1. The Morgan fingerprint density at radius 1 is 1.16 bits per heavy atom. The third-order valence-electron chi connectivity index (χ3n) is 3.58. The molecule has 1 saturated carbocycles. The van der Waals surface area contributed by atoms with Gasteiger partial charge in [0.05, 0.1) is 13.2 Å². The van der Waals surface area contributed by atoms with Gasteiger partial charge in [0.2, 0.25) is 5.91 Å². The van der Waals surface area contributed by atoms with Crippen LogP contribution in [-0.2, 0) is 9.53 Å². The van der Waals surface area contributed by atoms with Crippen molar-refractivity contribution in [3.63, 3.8) is 0 Å². The SMILES string of the molecule is COCCNCC(=O)NCC1CCCCCCC1.Cl. The Hall–Kier alpha value is -0.320. The quantitative estimate of drug-likeness (QED) is 0.707. The van der Waals surface area contributed by atoms with Crippen molar-refractivity contribution in [3.05, 3.63) is 0 Å². The fourth-order valence-corrected chi connectivity index (χ4v) is 2.44. The van der Waals surface area contributed by atoms with Crippen LogP contribution in [0.3, 0.4) is 0 Å². The first kappa shape index (κ1) is 18.7. The van der Waals surface area contributed by atoms with Gasteiger partial charge in [-0.3, -0.25) is 4.79 Å². The zero-order valence-corrected chi connectivity index (χ0v) is 12.9. The van der Waals surface area contributed by atoms with E-state index in [4.69, 9.17) is 4.74 Å². The van der Waals surface area contributed by atoms with Crippen LogP contribution in [0, 0.1) is 5.92 Å². The molecule has 0 unspecified atom stereocenters. The molecule has 0 aromatic heterocycles. The molecule has 2 N–H and O–H groups in total. The second-order valence-electron chi connectivity index (χ2n) is 5.18. The summed E-state index contributed by atoms with van der Waals surface area (Å²) >= 11 is 0. The molecule has 0 bridgehead atoms. The number of carbonyl (C=O) groups excluding carboxylic acids is 1. The molecule has 0 radical (unpaired) electrons. The Morgan fingerprint density at radius 3 is 2.42 bits per heavy atom. The normalized spacial score (nSPS) is 17.1. The standard InChI is InChI=1S/C14H28N2O2.ClH/c1-18-10-9-15-12-14(17)16-11-13-7-5-3-2-4-6-8-13;/h13,15H,2-12H2,1H3,(H,16,17);1H. The maximum Gasteiger partial charge on any atom is 0.233 e. The summed E-state index contributed by atoms with van der Waals surface area (Å²) in [4.78, 5) is 11.6. The lowest BCUT2D eigenvalue weighted by atomic mass is 9.91. The minimum absolute atomic E-state index is 0. The molecule has 1 aliphatic rings. The molecule has 1 rings (SSSR count). The summed E-state index contributed by atoms with van der Waals surface area (Å²) in [6.45, 7) is 2.63. The van der Waals surface area contributed by atoms with Gasteiger partial charge in [-0.1, -0.05) is 32.1 Å². The Bertz CT molecular complexity index is 219. The van der Waals surface area contributed by atoms with Crippen molar-refractivity contribution in [2.45, 2.75) is 44.9 Å². The Morgan fingerprint density at radius 2 is 1.79 bits per heavy atom. The van der Waals surface area contributed by atoms with E-state index in [1.807, 2.05) is 0 Å². The Labute approximate surface area is 123 Å². The lowest BCUT2D eigenvalue weighted by Crippen LogP contribution is -2.37. The summed E-state index contributed by atoms with van der Waals surface area (Å²) in [6, 6.07) is 0. The molecule has 0 saturated heterocycles. The van der Waals surface area contributed by atoms with Gasteiger partial charge >= 0.3 is 0 Å². The van der Waals surface area contributed by atoms with E-state index in [2.05, 4.69) is 10.6 Å². The van der Waals surface area contributed by atoms with Gasteiger partial charge in [0.1, 0.15) is 0 Å². The summed E-state index contributed by atoms with van der Waals surface area (Å²) in [5.74, 6) is 0.793. The number of nitrogens with one attached hydrogen (secondary N) is 2. The molecule has 0 heterocycles. The fraction of sp³-hybridized carbons (Fsp3) is 0.929. The number of ether oxygens (including phenoxy) is 1. The molecular formula is C14H29ClN2O2. The van der Waals surface area contributed by atoms with Crippen LogP contribution >= 0.6 is 12.4 Å². The lowest BCUT2D eigenvalue weighted by molar-refractivity contribution is -0.120. The molecule has 4 nitrogen and oxygen atoms in total. The highest BCUT2D eigenvalue weighted by atomic mass is 35.5. The van der Waals surface area contributed by atoms with E-state index in [1.54, 1.807) is 7.11 Å². The van der Waals surface area contributed by atoms with Crippen molar-refractivity contribution < 1.29 is 9.53 Å². The Kier molecular flexibility index (Phi) is 12.5. The molecule has 0 aliphatic heterocycles. The average Bonchev–Trinajstić information content (AvgIpc) is 2.33. The van der Waals surface area contributed by atoms with Crippen LogP contribution < -0.4 is 10.6 Å². The molecule has 5 heteroatoms. The lowest BCUT2D eigenvalue weighted by Gasteiger charge is -2.20. The van der Waals surface area contributed by atoms with Crippen molar-refractivity contribution >= 4 is 18.3 Å². The predicted molar refractivity (Wildman–Crippen MR) is 80.8 cm³/mol. The van der Waals surface area contributed by atoms with Gasteiger partial charge in [0.15, 0.2) is 0 Å². The van der Waals surface area contributed by atoms with Gasteiger partial charge in [0, 0.05) is 20.2 Å². The number of rotatable bonds is 7. The van der Waals surface area contributed by atoms with Crippen molar-refractivity contribution in [1.82, 2.24) is 10.6 Å². The first-order valence-corrected chi connectivity index (χ1v) is 7.29. The molecule has 1 fully saturated rings. The van der Waals surface area contributed by atoms with E-state index < -0.39 is 0 Å². The van der Waals surface area contributed by atoms with Crippen LogP contribution in [0.25, 0.3) is 0 Å². The number of carbonyl (C=O) groups is 1. The summed E-state index contributed by atoms with van der Waals surface area (Å²) < 4.78 is 4.91. The minimum atomic E-state index is 0. The van der Waals surface area contributed by atoms with Crippen LogP contribution in [0.1, 0.15) is 44.9 Å². The highest BCUT2D eigenvalue weighted by Crippen LogP contribution is 2.21. The Balaban J connectivity index is 0.00000324. The molecule has 1 amide bonds. The van der Waals surface area contributed by atoms with E-state index in [1.165, 1.54) is 44.9 Å². The molecule has 0 aromatic carbocycles. The highest BCUT2D eigenvalue weighted by molar-refractivity contribution is 5.85. The summed E-state index contributed by atoms with van der Waals surface area (Å²) in [7, 11) is 1.66. The van der Waals surface area contributed by atoms with Crippen molar-refractivity contribution in [2.75, 3.05) is 33.4 Å². The number of hydrogen-bond donors (Lipinski definition) is 2. The predicted octanol–water partition coefficient (Wildman–Crippen LogP) is 2.12. The van der Waals surface area contributed by atoms with Crippen LogP contribution in [0.15, 0.2) is 0 Å².